The highest BCUT2D eigenvalue weighted by atomic mass is 35.5. The van der Waals surface area contributed by atoms with Crippen molar-refractivity contribution in [2.24, 2.45) is 0 Å². The van der Waals surface area contributed by atoms with Crippen LogP contribution in [0.15, 0.2) is 42.0 Å². The fourth-order valence-electron chi connectivity index (χ4n) is 2.03. The summed E-state index contributed by atoms with van der Waals surface area (Å²) in [6.45, 7) is 1.91. The molecule has 0 saturated carbocycles. The van der Waals surface area contributed by atoms with E-state index in [0.717, 1.165) is 16.3 Å². The highest BCUT2D eigenvalue weighted by Crippen LogP contribution is 2.31. The van der Waals surface area contributed by atoms with Crippen LogP contribution in [0.25, 0.3) is 10.8 Å². The molecule has 94 valence electrons. The molecule has 0 saturated heterocycles. The zero-order valence-corrected chi connectivity index (χ0v) is 11.8. The minimum Gasteiger partial charge on any atom is -0.288 e. The topological polar surface area (TPSA) is 30.0 Å². The highest BCUT2D eigenvalue weighted by Gasteiger charge is 2.18. The number of hydrogen-bond acceptors (Lipinski definition) is 3. The summed E-state index contributed by atoms with van der Waals surface area (Å²) >= 11 is 7.57. The SMILES string of the molecule is Cc1csc(C(=O)c2cccc3cnccc23)c1Cl. The predicted octanol–water partition coefficient (Wildman–Crippen LogP) is 4.49. The summed E-state index contributed by atoms with van der Waals surface area (Å²) in [6.07, 6.45) is 3.45. The third-order valence-electron chi connectivity index (χ3n) is 3.03. The normalized spacial score (nSPS) is 10.8. The minimum absolute atomic E-state index is 0.0279. The number of pyridine rings is 1. The Morgan fingerprint density at radius 1 is 1.32 bits per heavy atom. The Morgan fingerprint density at radius 3 is 2.89 bits per heavy atom. The van der Waals surface area contributed by atoms with Crippen LogP contribution in [-0.2, 0) is 0 Å². The Hall–Kier alpha value is -1.71. The van der Waals surface area contributed by atoms with Crippen molar-refractivity contribution in [1.29, 1.82) is 0 Å². The molecule has 0 atom stereocenters. The molecule has 0 fully saturated rings. The summed E-state index contributed by atoms with van der Waals surface area (Å²) in [6, 6.07) is 7.50. The van der Waals surface area contributed by atoms with E-state index >= 15 is 0 Å². The molecular weight excluding hydrogens is 278 g/mol. The monoisotopic (exact) mass is 287 g/mol. The van der Waals surface area contributed by atoms with Gasteiger partial charge in [0.05, 0.1) is 9.90 Å². The number of carbonyl (C=O) groups excluding carboxylic acids is 1. The van der Waals surface area contributed by atoms with E-state index in [-0.39, 0.29) is 5.78 Å². The Labute approximate surface area is 119 Å². The van der Waals surface area contributed by atoms with Crippen molar-refractivity contribution in [3.05, 3.63) is 63.1 Å². The molecule has 4 heteroatoms. The Kier molecular flexibility index (Phi) is 3.09. The van der Waals surface area contributed by atoms with Gasteiger partial charge in [0, 0.05) is 23.3 Å². The number of halogens is 1. The second kappa shape index (κ2) is 4.76. The highest BCUT2D eigenvalue weighted by molar-refractivity contribution is 7.13. The Balaban J connectivity index is 2.20. The van der Waals surface area contributed by atoms with Gasteiger partial charge in [-0.3, -0.25) is 9.78 Å². The molecule has 19 heavy (non-hydrogen) atoms. The number of aromatic nitrogens is 1. The first-order chi connectivity index (χ1) is 9.18. The summed E-state index contributed by atoms with van der Waals surface area (Å²) in [7, 11) is 0. The molecule has 0 bridgehead atoms. The number of aryl methyl sites for hydroxylation is 1. The molecule has 0 radical (unpaired) electrons. The van der Waals surface area contributed by atoms with E-state index in [1.807, 2.05) is 36.6 Å². The van der Waals surface area contributed by atoms with Crippen LogP contribution in [0.4, 0.5) is 0 Å². The van der Waals surface area contributed by atoms with Crippen molar-refractivity contribution >= 4 is 39.5 Å². The van der Waals surface area contributed by atoms with Gasteiger partial charge in [-0.1, -0.05) is 29.8 Å². The van der Waals surface area contributed by atoms with E-state index in [0.29, 0.717) is 15.5 Å². The van der Waals surface area contributed by atoms with Gasteiger partial charge in [-0.25, -0.2) is 0 Å². The van der Waals surface area contributed by atoms with Crippen molar-refractivity contribution in [2.75, 3.05) is 0 Å². The lowest BCUT2D eigenvalue weighted by Crippen LogP contribution is -2.00. The summed E-state index contributed by atoms with van der Waals surface area (Å²) in [5.74, 6) is -0.0279. The predicted molar refractivity (Wildman–Crippen MR) is 79.2 cm³/mol. The number of ketones is 1. The fourth-order valence-corrected chi connectivity index (χ4v) is 3.26. The van der Waals surface area contributed by atoms with Crippen LogP contribution in [0.2, 0.25) is 5.02 Å². The maximum atomic E-state index is 12.6. The van der Waals surface area contributed by atoms with Crippen LogP contribution in [0.3, 0.4) is 0 Å². The smallest absolute Gasteiger partial charge is 0.205 e. The van der Waals surface area contributed by atoms with Crippen molar-refractivity contribution in [1.82, 2.24) is 4.98 Å². The standard InChI is InChI=1S/C15H10ClNOS/c1-9-8-19-15(13(9)16)14(18)12-4-2-3-10-7-17-6-5-11(10)12/h2-8H,1H3. The summed E-state index contributed by atoms with van der Waals surface area (Å²) in [5, 5.41) is 4.32. The lowest BCUT2D eigenvalue weighted by atomic mass is 10.0. The number of hydrogen-bond donors (Lipinski definition) is 0. The summed E-state index contributed by atoms with van der Waals surface area (Å²) in [4.78, 5) is 17.3. The van der Waals surface area contributed by atoms with Crippen LogP contribution in [0.5, 0.6) is 0 Å². The lowest BCUT2D eigenvalue weighted by molar-refractivity contribution is 0.104. The first-order valence-electron chi connectivity index (χ1n) is 5.79. The van der Waals surface area contributed by atoms with Gasteiger partial charge in [0.1, 0.15) is 0 Å². The lowest BCUT2D eigenvalue weighted by Gasteiger charge is -2.04. The number of carbonyl (C=O) groups is 1. The van der Waals surface area contributed by atoms with E-state index in [1.54, 1.807) is 12.4 Å². The van der Waals surface area contributed by atoms with Gasteiger partial charge in [0.25, 0.3) is 0 Å². The fraction of sp³-hybridized carbons (Fsp3) is 0.0667. The zero-order chi connectivity index (χ0) is 13.4. The van der Waals surface area contributed by atoms with Crippen molar-refractivity contribution in [3.63, 3.8) is 0 Å². The van der Waals surface area contributed by atoms with E-state index in [1.165, 1.54) is 11.3 Å². The summed E-state index contributed by atoms with van der Waals surface area (Å²) in [5.41, 5.74) is 1.61. The first-order valence-corrected chi connectivity index (χ1v) is 7.05. The molecule has 2 heterocycles. The number of nitrogens with zero attached hydrogens (tertiary/aromatic N) is 1. The molecule has 0 aliphatic carbocycles. The molecule has 0 N–H and O–H groups in total. The molecule has 0 amide bonds. The van der Waals surface area contributed by atoms with Gasteiger partial charge in [0.2, 0.25) is 5.78 Å². The van der Waals surface area contributed by atoms with Gasteiger partial charge in [-0.05, 0) is 29.3 Å². The Morgan fingerprint density at radius 2 is 2.16 bits per heavy atom. The largest absolute Gasteiger partial charge is 0.288 e. The molecule has 1 aromatic carbocycles. The second-order valence-electron chi connectivity index (χ2n) is 4.29. The number of rotatable bonds is 2. The maximum absolute atomic E-state index is 12.6. The maximum Gasteiger partial charge on any atom is 0.205 e. The van der Waals surface area contributed by atoms with Gasteiger partial charge < -0.3 is 0 Å². The molecular formula is C15H10ClNOS. The number of fused-ring (bicyclic) bond motifs is 1. The minimum atomic E-state index is -0.0279. The number of benzene rings is 1. The van der Waals surface area contributed by atoms with E-state index in [2.05, 4.69) is 4.98 Å². The molecule has 0 unspecified atom stereocenters. The zero-order valence-electron chi connectivity index (χ0n) is 10.2. The van der Waals surface area contributed by atoms with Gasteiger partial charge >= 0.3 is 0 Å². The van der Waals surface area contributed by atoms with Gasteiger partial charge in [-0.15, -0.1) is 11.3 Å². The van der Waals surface area contributed by atoms with Crippen molar-refractivity contribution in [2.45, 2.75) is 6.92 Å². The van der Waals surface area contributed by atoms with E-state index in [9.17, 15) is 4.79 Å². The number of thiophene rings is 1. The third kappa shape index (κ3) is 2.05. The van der Waals surface area contributed by atoms with Crippen LogP contribution < -0.4 is 0 Å². The molecule has 0 spiro atoms. The van der Waals surface area contributed by atoms with Crippen molar-refractivity contribution < 1.29 is 4.79 Å². The van der Waals surface area contributed by atoms with Gasteiger partial charge in [0.15, 0.2) is 0 Å². The van der Waals surface area contributed by atoms with Crippen molar-refractivity contribution in [3.8, 4) is 0 Å². The van der Waals surface area contributed by atoms with E-state index < -0.39 is 0 Å². The molecule has 3 aromatic rings. The van der Waals surface area contributed by atoms with Crippen LogP contribution in [0.1, 0.15) is 20.8 Å². The molecule has 2 nitrogen and oxygen atoms in total. The second-order valence-corrected chi connectivity index (χ2v) is 5.55. The average molecular weight is 288 g/mol. The first kappa shape index (κ1) is 12.3. The third-order valence-corrected chi connectivity index (χ3v) is 4.73. The molecule has 0 aliphatic rings. The van der Waals surface area contributed by atoms with Crippen LogP contribution in [-0.4, -0.2) is 10.8 Å². The summed E-state index contributed by atoms with van der Waals surface area (Å²) < 4.78 is 0. The van der Waals surface area contributed by atoms with Gasteiger partial charge in [-0.2, -0.15) is 0 Å². The van der Waals surface area contributed by atoms with Crippen LogP contribution in [0, 0.1) is 6.92 Å². The molecule has 2 aromatic heterocycles. The average Bonchev–Trinajstić information content (AvgIpc) is 2.78. The molecule has 0 aliphatic heterocycles. The van der Waals surface area contributed by atoms with Crippen LogP contribution >= 0.6 is 22.9 Å². The molecule has 3 rings (SSSR count). The Bertz CT molecular complexity index is 773. The van der Waals surface area contributed by atoms with E-state index in [4.69, 9.17) is 11.6 Å². The quantitative estimate of drug-likeness (QED) is 0.650.